The van der Waals surface area contributed by atoms with Gasteiger partial charge >= 0.3 is 0 Å². The highest BCUT2D eigenvalue weighted by Gasteiger charge is 2.24. The lowest BCUT2D eigenvalue weighted by Gasteiger charge is -2.28. The third kappa shape index (κ3) is 5.92. The molecule has 2 amide bonds. The van der Waals surface area contributed by atoms with E-state index in [4.69, 9.17) is 4.74 Å². The number of carbonyl (C=O) groups is 2. The van der Waals surface area contributed by atoms with Crippen molar-refractivity contribution in [2.24, 2.45) is 0 Å². The van der Waals surface area contributed by atoms with E-state index in [9.17, 15) is 9.59 Å². The quantitative estimate of drug-likeness (QED) is 0.704. The van der Waals surface area contributed by atoms with Gasteiger partial charge in [0, 0.05) is 20.0 Å². The van der Waals surface area contributed by atoms with E-state index in [0.717, 1.165) is 11.3 Å². The zero-order chi connectivity index (χ0) is 18.8. The van der Waals surface area contributed by atoms with Crippen LogP contribution in [0.25, 0.3) is 0 Å². The lowest BCUT2D eigenvalue weighted by atomic mass is 10.1. The number of benzene rings is 2. The number of ether oxygens (including phenoxy) is 1. The van der Waals surface area contributed by atoms with E-state index in [0.29, 0.717) is 26.0 Å². The van der Waals surface area contributed by atoms with Crippen molar-refractivity contribution < 1.29 is 14.3 Å². The Morgan fingerprint density at radius 3 is 2.27 bits per heavy atom. The maximum Gasteiger partial charge on any atom is 0.242 e. The second-order valence-electron chi connectivity index (χ2n) is 6.06. The number of amides is 2. The zero-order valence-corrected chi connectivity index (χ0v) is 15.4. The Balaban J connectivity index is 1.92. The van der Waals surface area contributed by atoms with Crippen molar-refractivity contribution in [3.8, 4) is 5.75 Å². The zero-order valence-electron chi connectivity index (χ0n) is 15.4. The highest BCUT2D eigenvalue weighted by molar-refractivity contribution is 5.87. The third-order valence-corrected chi connectivity index (χ3v) is 4.16. The minimum absolute atomic E-state index is 0.0541. The molecule has 0 heterocycles. The number of rotatable bonds is 9. The predicted octanol–water partition coefficient (Wildman–Crippen LogP) is 3.01. The number of nitrogens with zero attached hydrogens (tertiary/aromatic N) is 1. The van der Waals surface area contributed by atoms with Crippen molar-refractivity contribution in [3.05, 3.63) is 66.2 Å². The van der Waals surface area contributed by atoms with Gasteiger partial charge in [0.25, 0.3) is 0 Å². The molecule has 5 heteroatoms. The molecule has 0 aliphatic heterocycles. The van der Waals surface area contributed by atoms with Gasteiger partial charge in [0.2, 0.25) is 11.8 Å². The van der Waals surface area contributed by atoms with Crippen LogP contribution >= 0.6 is 0 Å². The van der Waals surface area contributed by atoms with Gasteiger partial charge in [-0.25, -0.2) is 0 Å². The Bertz CT molecular complexity index is 689. The summed E-state index contributed by atoms with van der Waals surface area (Å²) >= 11 is 0. The predicted molar refractivity (Wildman–Crippen MR) is 102 cm³/mol. The van der Waals surface area contributed by atoms with Gasteiger partial charge in [0.05, 0.1) is 6.61 Å². The van der Waals surface area contributed by atoms with Crippen LogP contribution in [0.15, 0.2) is 60.7 Å². The van der Waals surface area contributed by atoms with Gasteiger partial charge in [0.1, 0.15) is 11.8 Å². The molecule has 138 valence electrons. The summed E-state index contributed by atoms with van der Waals surface area (Å²) in [5, 5.41) is 2.62. The first-order chi connectivity index (χ1) is 12.6. The van der Waals surface area contributed by atoms with E-state index in [-0.39, 0.29) is 11.8 Å². The van der Waals surface area contributed by atoms with Gasteiger partial charge < -0.3 is 15.0 Å². The Kier molecular flexibility index (Phi) is 7.68. The summed E-state index contributed by atoms with van der Waals surface area (Å²) in [5.74, 6) is 0.566. The Labute approximate surface area is 155 Å². The Hall–Kier alpha value is -2.82. The lowest BCUT2D eigenvalue weighted by molar-refractivity contribution is -0.140. The number of hydrogen-bond donors (Lipinski definition) is 1. The van der Waals surface area contributed by atoms with Gasteiger partial charge in [0.15, 0.2) is 0 Å². The van der Waals surface area contributed by atoms with Crippen molar-refractivity contribution in [3.63, 3.8) is 0 Å². The minimum atomic E-state index is -0.525. The van der Waals surface area contributed by atoms with E-state index in [1.54, 1.807) is 18.9 Å². The Morgan fingerprint density at radius 1 is 1.04 bits per heavy atom. The number of likely N-dealkylation sites (N-methyl/N-ethyl adjacent to an activating group) is 1. The number of carbonyl (C=O) groups excluding carboxylic acids is 2. The summed E-state index contributed by atoms with van der Waals surface area (Å²) in [6.45, 7) is 2.62. The van der Waals surface area contributed by atoms with Crippen LogP contribution in [0.3, 0.4) is 0 Å². The SMILES string of the molecule is CNC(=O)[C@H](C)N(Cc1ccccc1)C(=O)CCCOc1ccccc1. The van der Waals surface area contributed by atoms with E-state index in [1.165, 1.54) is 0 Å². The minimum Gasteiger partial charge on any atom is -0.494 e. The van der Waals surface area contributed by atoms with Crippen LogP contribution in [0.2, 0.25) is 0 Å². The number of hydrogen-bond acceptors (Lipinski definition) is 3. The fraction of sp³-hybridized carbons (Fsp3) is 0.333. The molecule has 5 nitrogen and oxygen atoms in total. The van der Waals surface area contributed by atoms with Gasteiger partial charge in [-0.3, -0.25) is 9.59 Å². The molecule has 1 atom stereocenters. The molecule has 0 aliphatic rings. The van der Waals surface area contributed by atoms with Crippen LogP contribution in [0.4, 0.5) is 0 Å². The molecular weight excluding hydrogens is 328 g/mol. The van der Waals surface area contributed by atoms with Gasteiger partial charge in [-0.05, 0) is 31.0 Å². The molecular formula is C21H26N2O3. The highest BCUT2D eigenvalue weighted by atomic mass is 16.5. The average Bonchev–Trinajstić information content (AvgIpc) is 2.69. The van der Waals surface area contributed by atoms with E-state index >= 15 is 0 Å². The van der Waals surface area contributed by atoms with Crippen molar-refractivity contribution >= 4 is 11.8 Å². The molecule has 0 aliphatic carbocycles. The Morgan fingerprint density at radius 2 is 1.65 bits per heavy atom. The molecule has 2 aromatic rings. The summed E-state index contributed by atoms with van der Waals surface area (Å²) in [4.78, 5) is 26.4. The molecule has 2 rings (SSSR count). The molecule has 1 N–H and O–H groups in total. The second-order valence-corrected chi connectivity index (χ2v) is 6.06. The second kappa shape index (κ2) is 10.2. The lowest BCUT2D eigenvalue weighted by Crippen LogP contribution is -2.46. The van der Waals surface area contributed by atoms with E-state index in [2.05, 4.69) is 5.32 Å². The smallest absolute Gasteiger partial charge is 0.242 e. The maximum atomic E-state index is 12.7. The van der Waals surface area contributed by atoms with Gasteiger partial charge in [-0.2, -0.15) is 0 Å². The summed E-state index contributed by atoms with van der Waals surface area (Å²) in [5.41, 5.74) is 0.997. The first kappa shape index (κ1) is 19.5. The molecule has 0 saturated heterocycles. The van der Waals surface area contributed by atoms with Crippen LogP contribution in [0.1, 0.15) is 25.3 Å². The van der Waals surface area contributed by atoms with Crippen LogP contribution in [-0.2, 0) is 16.1 Å². The molecule has 26 heavy (non-hydrogen) atoms. The van der Waals surface area contributed by atoms with Crippen molar-refractivity contribution in [2.45, 2.75) is 32.4 Å². The van der Waals surface area contributed by atoms with Gasteiger partial charge in [-0.1, -0.05) is 48.5 Å². The van der Waals surface area contributed by atoms with Crippen molar-refractivity contribution in [2.75, 3.05) is 13.7 Å². The number of para-hydroxylation sites is 1. The number of nitrogens with one attached hydrogen (secondary N) is 1. The van der Waals surface area contributed by atoms with E-state index < -0.39 is 6.04 Å². The first-order valence-corrected chi connectivity index (χ1v) is 8.84. The normalized spacial score (nSPS) is 11.5. The van der Waals surface area contributed by atoms with Crippen LogP contribution in [0, 0.1) is 0 Å². The average molecular weight is 354 g/mol. The molecule has 0 saturated carbocycles. The topological polar surface area (TPSA) is 58.6 Å². The van der Waals surface area contributed by atoms with Gasteiger partial charge in [-0.15, -0.1) is 0 Å². The van der Waals surface area contributed by atoms with Crippen molar-refractivity contribution in [1.82, 2.24) is 10.2 Å². The maximum absolute atomic E-state index is 12.7. The standard InChI is InChI=1S/C21H26N2O3/c1-17(21(25)22-2)23(16-18-10-5-3-6-11-18)20(24)14-9-15-26-19-12-7-4-8-13-19/h3-8,10-13,17H,9,14-16H2,1-2H3,(H,22,25)/t17-/m0/s1. The van der Waals surface area contributed by atoms with Crippen LogP contribution in [0.5, 0.6) is 5.75 Å². The molecule has 2 aromatic carbocycles. The molecule has 0 aromatic heterocycles. The van der Waals surface area contributed by atoms with E-state index in [1.807, 2.05) is 60.7 Å². The van der Waals surface area contributed by atoms with Crippen LogP contribution in [-0.4, -0.2) is 36.4 Å². The molecule has 0 bridgehead atoms. The highest BCUT2D eigenvalue weighted by Crippen LogP contribution is 2.13. The molecule has 0 fully saturated rings. The monoisotopic (exact) mass is 354 g/mol. The fourth-order valence-electron chi connectivity index (χ4n) is 2.65. The fourth-order valence-corrected chi connectivity index (χ4v) is 2.65. The molecule has 0 spiro atoms. The molecule has 0 unspecified atom stereocenters. The summed E-state index contributed by atoms with van der Waals surface area (Å²) < 4.78 is 5.63. The summed E-state index contributed by atoms with van der Waals surface area (Å²) in [6, 6.07) is 18.7. The van der Waals surface area contributed by atoms with Crippen molar-refractivity contribution in [1.29, 1.82) is 0 Å². The first-order valence-electron chi connectivity index (χ1n) is 8.84. The molecule has 0 radical (unpaired) electrons. The largest absolute Gasteiger partial charge is 0.494 e. The van der Waals surface area contributed by atoms with Crippen LogP contribution < -0.4 is 10.1 Å². The third-order valence-electron chi connectivity index (χ3n) is 4.16. The summed E-state index contributed by atoms with van der Waals surface area (Å²) in [7, 11) is 1.58. The summed E-state index contributed by atoms with van der Waals surface area (Å²) in [6.07, 6.45) is 0.931.